The second kappa shape index (κ2) is 6.56. The highest BCUT2D eigenvalue weighted by molar-refractivity contribution is 6.31. The molecule has 0 atom stereocenters. The van der Waals surface area contributed by atoms with Gasteiger partial charge in [-0.25, -0.2) is 0 Å². The highest BCUT2D eigenvalue weighted by atomic mass is 35.5. The van der Waals surface area contributed by atoms with Crippen molar-refractivity contribution in [1.82, 2.24) is 0 Å². The van der Waals surface area contributed by atoms with Crippen molar-refractivity contribution < 1.29 is 14.6 Å². The number of halogens is 2. The Morgan fingerprint density at radius 2 is 1.74 bits per heavy atom. The zero-order valence-corrected chi connectivity index (χ0v) is 14.1. The van der Waals surface area contributed by atoms with Crippen LogP contribution in [0.5, 0.6) is 11.5 Å². The van der Waals surface area contributed by atoms with Crippen LogP contribution in [0.15, 0.2) is 36.4 Å². The highest BCUT2D eigenvalue weighted by Gasteiger charge is 2.35. The van der Waals surface area contributed by atoms with Gasteiger partial charge in [-0.3, -0.25) is 4.79 Å². The number of nitrogens with two attached hydrogens (primary N) is 1. The number of carbonyl (C=O) groups is 1. The number of fused-ring (bicyclic) bond motifs is 1. The number of carbonyl (C=O) groups excluding carboxylic acids is 1. The van der Waals surface area contributed by atoms with Crippen LogP contribution in [-0.4, -0.2) is 16.6 Å². The fraction of sp³-hybridized carbons (Fsp3) is 0.188. The summed E-state index contributed by atoms with van der Waals surface area (Å²) in [6, 6.07) is 9.68. The molecule has 1 heterocycles. The first-order chi connectivity index (χ1) is 10.7. The molecule has 0 radical (unpaired) electrons. The summed E-state index contributed by atoms with van der Waals surface area (Å²) in [5.41, 5.74) is 5.40. The Hall–Kier alpha value is -2.11. The van der Waals surface area contributed by atoms with Crippen LogP contribution < -0.4 is 15.8 Å². The maximum atomic E-state index is 11.5. The van der Waals surface area contributed by atoms with Crippen LogP contribution >= 0.6 is 23.2 Å². The number of ether oxygens (including phenoxy) is 1. The van der Waals surface area contributed by atoms with Gasteiger partial charge in [-0.1, -0.05) is 23.2 Å². The fourth-order valence-corrected chi connectivity index (χ4v) is 2.16. The Labute approximate surface area is 144 Å². The van der Waals surface area contributed by atoms with Gasteiger partial charge < -0.3 is 20.9 Å². The van der Waals surface area contributed by atoms with E-state index in [1.807, 2.05) is 0 Å². The van der Waals surface area contributed by atoms with Crippen LogP contribution in [0.3, 0.4) is 0 Å². The number of nitrogens with one attached hydrogen (secondary N) is 1. The number of anilines is 2. The van der Waals surface area contributed by atoms with Crippen LogP contribution in [0.4, 0.5) is 11.4 Å². The van der Waals surface area contributed by atoms with Gasteiger partial charge >= 0.3 is 0 Å². The minimum absolute atomic E-state index is 0.0689. The smallest absolute Gasteiger partial charge is 0.268 e. The topological polar surface area (TPSA) is 84.6 Å². The molecule has 2 aromatic rings. The lowest BCUT2D eigenvalue weighted by Crippen LogP contribution is -2.45. The van der Waals surface area contributed by atoms with Gasteiger partial charge in [0.1, 0.15) is 11.5 Å². The van der Waals surface area contributed by atoms with Gasteiger partial charge in [-0.05, 0) is 50.2 Å². The van der Waals surface area contributed by atoms with Gasteiger partial charge in [0.25, 0.3) is 5.91 Å². The molecule has 0 unspecified atom stereocenters. The van der Waals surface area contributed by atoms with E-state index < -0.39 is 5.60 Å². The lowest BCUT2D eigenvalue weighted by Gasteiger charge is -2.31. The third kappa shape index (κ3) is 4.21. The van der Waals surface area contributed by atoms with Crippen LogP contribution in [-0.2, 0) is 4.79 Å². The number of hydrogen-bond donors (Lipinski definition) is 3. The molecular formula is C16H16Cl2N2O3. The lowest BCUT2D eigenvalue weighted by atomic mass is 10.1. The molecule has 1 aliphatic rings. The monoisotopic (exact) mass is 354 g/mol. The van der Waals surface area contributed by atoms with E-state index in [-0.39, 0.29) is 11.7 Å². The molecule has 0 aromatic heterocycles. The van der Waals surface area contributed by atoms with E-state index in [1.54, 1.807) is 38.1 Å². The van der Waals surface area contributed by atoms with Gasteiger partial charge in [0.05, 0.1) is 11.4 Å². The molecule has 0 saturated carbocycles. The number of phenolic OH excluding ortho intramolecular Hbond substituents is 1. The van der Waals surface area contributed by atoms with Crippen LogP contribution in [0.1, 0.15) is 13.8 Å². The number of hydrogen-bond acceptors (Lipinski definition) is 4. The Kier molecular flexibility index (Phi) is 4.92. The van der Waals surface area contributed by atoms with Crippen molar-refractivity contribution >= 4 is 40.5 Å². The number of rotatable bonds is 0. The summed E-state index contributed by atoms with van der Waals surface area (Å²) in [4.78, 5) is 11.5. The zero-order chi connectivity index (χ0) is 17.2. The Morgan fingerprint density at radius 3 is 2.35 bits per heavy atom. The summed E-state index contributed by atoms with van der Waals surface area (Å²) >= 11 is 11.3. The number of amides is 1. The summed E-state index contributed by atoms with van der Waals surface area (Å²) in [6.45, 7) is 3.44. The van der Waals surface area contributed by atoms with E-state index in [4.69, 9.17) is 38.8 Å². The summed E-state index contributed by atoms with van der Waals surface area (Å²) in [7, 11) is 0. The van der Waals surface area contributed by atoms with Crippen molar-refractivity contribution in [2.45, 2.75) is 19.4 Å². The molecule has 1 amide bonds. The molecule has 122 valence electrons. The molecule has 1 aliphatic heterocycles. The molecule has 4 N–H and O–H groups in total. The second-order valence-electron chi connectivity index (χ2n) is 5.41. The second-order valence-corrected chi connectivity index (χ2v) is 6.28. The van der Waals surface area contributed by atoms with Crippen molar-refractivity contribution in [3.8, 4) is 11.5 Å². The summed E-state index contributed by atoms with van der Waals surface area (Å²) in [6.07, 6.45) is 0. The zero-order valence-electron chi connectivity index (χ0n) is 12.6. The number of aromatic hydroxyl groups is 1. The van der Waals surface area contributed by atoms with E-state index in [0.717, 1.165) is 0 Å². The number of nitrogen functional groups attached to an aromatic ring is 1. The maximum Gasteiger partial charge on any atom is 0.268 e. The van der Waals surface area contributed by atoms with Crippen LogP contribution in [0.25, 0.3) is 0 Å². The average molecular weight is 355 g/mol. The third-order valence-electron chi connectivity index (χ3n) is 3.09. The van der Waals surface area contributed by atoms with Crippen molar-refractivity contribution in [3.05, 3.63) is 46.4 Å². The predicted molar refractivity (Wildman–Crippen MR) is 92.3 cm³/mol. The Balaban J connectivity index is 0.000000185. The van der Waals surface area contributed by atoms with E-state index in [9.17, 15) is 4.79 Å². The minimum Gasteiger partial charge on any atom is -0.506 e. The summed E-state index contributed by atoms with van der Waals surface area (Å²) in [5.74, 6) is 0.561. The molecule has 0 saturated heterocycles. The lowest BCUT2D eigenvalue weighted by molar-refractivity contribution is -0.129. The van der Waals surface area contributed by atoms with Crippen molar-refractivity contribution in [2.24, 2.45) is 0 Å². The van der Waals surface area contributed by atoms with Crippen molar-refractivity contribution in [3.63, 3.8) is 0 Å². The molecule has 23 heavy (non-hydrogen) atoms. The molecule has 5 nitrogen and oxygen atoms in total. The van der Waals surface area contributed by atoms with E-state index >= 15 is 0 Å². The standard InChI is InChI=1S/C10H10ClNO2.C6H6ClNO/c1-10(2)9(13)12-7-5-6(11)3-4-8(7)14-10;7-4-1-2-6(9)5(8)3-4/h3-5H,1-2H3,(H,12,13);1-3,9H,8H2. The first-order valence-corrected chi connectivity index (χ1v) is 7.48. The molecule has 0 fully saturated rings. The highest BCUT2D eigenvalue weighted by Crippen LogP contribution is 2.35. The van der Waals surface area contributed by atoms with Crippen molar-refractivity contribution in [1.29, 1.82) is 0 Å². The fourth-order valence-electron chi connectivity index (χ4n) is 1.81. The molecule has 2 aromatic carbocycles. The predicted octanol–water partition coefficient (Wildman–Crippen LogP) is 4.08. The number of phenols is 1. The molecule has 0 bridgehead atoms. The molecular weight excluding hydrogens is 339 g/mol. The minimum atomic E-state index is -0.819. The van der Waals surface area contributed by atoms with Gasteiger partial charge in [0, 0.05) is 10.0 Å². The molecule has 3 rings (SSSR count). The third-order valence-corrected chi connectivity index (χ3v) is 3.56. The Bertz CT molecular complexity index is 748. The van der Waals surface area contributed by atoms with Gasteiger partial charge in [0.2, 0.25) is 0 Å². The number of benzene rings is 2. The normalized spacial score (nSPS) is 14.7. The van der Waals surface area contributed by atoms with Gasteiger partial charge in [0.15, 0.2) is 5.60 Å². The summed E-state index contributed by atoms with van der Waals surface area (Å²) in [5, 5.41) is 12.7. The van der Waals surface area contributed by atoms with Gasteiger partial charge in [-0.2, -0.15) is 0 Å². The van der Waals surface area contributed by atoms with E-state index in [1.165, 1.54) is 12.1 Å². The van der Waals surface area contributed by atoms with Crippen molar-refractivity contribution in [2.75, 3.05) is 11.1 Å². The van der Waals surface area contributed by atoms with Gasteiger partial charge in [-0.15, -0.1) is 0 Å². The first kappa shape index (κ1) is 17.2. The SMILES string of the molecule is CC1(C)Oc2ccc(Cl)cc2NC1=O.Nc1cc(Cl)ccc1O. The van der Waals surface area contributed by atoms with Crippen LogP contribution in [0.2, 0.25) is 10.0 Å². The summed E-state index contributed by atoms with van der Waals surface area (Å²) < 4.78 is 5.52. The average Bonchev–Trinajstić information content (AvgIpc) is 2.46. The van der Waals surface area contributed by atoms with Crippen LogP contribution in [0, 0.1) is 0 Å². The maximum absolute atomic E-state index is 11.5. The molecule has 0 spiro atoms. The quantitative estimate of drug-likeness (QED) is 0.491. The Morgan fingerprint density at radius 1 is 1.13 bits per heavy atom. The first-order valence-electron chi connectivity index (χ1n) is 6.73. The molecule has 7 heteroatoms. The molecule has 0 aliphatic carbocycles. The van der Waals surface area contributed by atoms with E-state index in [2.05, 4.69) is 5.32 Å². The largest absolute Gasteiger partial charge is 0.506 e. The van der Waals surface area contributed by atoms with E-state index in [0.29, 0.717) is 27.2 Å².